The first-order valence-corrected chi connectivity index (χ1v) is 7.73. The Labute approximate surface area is 137 Å². The number of aromatic nitrogens is 2. The Bertz CT molecular complexity index is 851. The summed E-state index contributed by atoms with van der Waals surface area (Å²) in [5.41, 5.74) is 8.29. The van der Waals surface area contributed by atoms with Gasteiger partial charge in [-0.25, -0.2) is 0 Å². The Morgan fingerprint density at radius 3 is 2.86 bits per heavy atom. The molecule has 5 nitrogen and oxygen atoms in total. The number of nitrogens with one attached hydrogen (secondary N) is 1. The molecule has 3 aromatic rings. The van der Waals surface area contributed by atoms with Crippen molar-refractivity contribution in [2.24, 2.45) is 0 Å². The first-order chi connectivity index (χ1) is 10.1. The van der Waals surface area contributed by atoms with Gasteiger partial charge in [0, 0.05) is 10.2 Å². The van der Waals surface area contributed by atoms with E-state index >= 15 is 0 Å². The molecular formula is C13H8BrClN4OS. The van der Waals surface area contributed by atoms with Gasteiger partial charge in [0.2, 0.25) is 0 Å². The highest BCUT2D eigenvalue weighted by atomic mass is 79.9. The Hall–Kier alpha value is -1.70. The summed E-state index contributed by atoms with van der Waals surface area (Å²) in [6.07, 6.45) is 0. The predicted molar refractivity (Wildman–Crippen MR) is 88.9 cm³/mol. The number of rotatable bonds is 2. The Morgan fingerprint density at radius 2 is 2.10 bits per heavy atom. The van der Waals surface area contributed by atoms with E-state index in [1.54, 1.807) is 30.3 Å². The number of hydrogen-bond donors (Lipinski definition) is 2. The molecular weight excluding hydrogens is 376 g/mol. The van der Waals surface area contributed by atoms with Crippen molar-refractivity contribution >= 4 is 67.6 Å². The number of carbonyl (C=O) groups is 1. The lowest BCUT2D eigenvalue weighted by Crippen LogP contribution is -2.14. The monoisotopic (exact) mass is 382 g/mol. The summed E-state index contributed by atoms with van der Waals surface area (Å²) in [6.45, 7) is 0. The van der Waals surface area contributed by atoms with Gasteiger partial charge in [0.05, 0.1) is 28.0 Å². The molecule has 0 radical (unpaired) electrons. The zero-order valence-electron chi connectivity index (χ0n) is 10.4. The molecule has 0 spiro atoms. The molecule has 1 heterocycles. The Kier molecular flexibility index (Phi) is 3.79. The molecule has 2 aromatic carbocycles. The quantitative estimate of drug-likeness (QED) is 0.657. The third kappa shape index (κ3) is 2.72. The van der Waals surface area contributed by atoms with Crippen LogP contribution in [0.4, 0.5) is 11.4 Å². The van der Waals surface area contributed by atoms with E-state index in [1.807, 2.05) is 0 Å². The molecule has 1 amide bonds. The SMILES string of the molecule is Nc1cc(Br)ccc1C(=O)Nc1c(Cl)ccc2nsnc12. The Balaban J connectivity index is 2.00. The van der Waals surface area contributed by atoms with Crippen molar-refractivity contribution in [2.75, 3.05) is 11.1 Å². The van der Waals surface area contributed by atoms with E-state index < -0.39 is 0 Å². The van der Waals surface area contributed by atoms with Crippen LogP contribution in [-0.4, -0.2) is 14.7 Å². The second-order valence-corrected chi connectivity index (χ2v) is 6.09. The van der Waals surface area contributed by atoms with Crippen LogP contribution in [0.3, 0.4) is 0 Å². The zero-order valence-corrected chi connectivity index (χ0v) is 13.6. The van der Waals surface area contributed by atoms with Crippen LogP contribution >= 0.6 is 39.3 Å². The van der Waals surface area contributed by atoms with E-state index in [0.717, 1.165) is 16.2 Å². The summed E-state index contributed by atoms with van der Waals surface area (Å²) >= 11 is 10.5. The van der Waals surface area contributed by atoms with Crippen LogP contribution in [0.1, 0.15) is 10.4 Å². The smallest absolute Gasteiger partial charge is 0.257 e. The molecule has 0 saturated heterocycles. The van der Waals surface area contributed by atoms with E-state index in [1.165, 1.54) is 0 Å². The first kappa shape index (κ1) is 14.2. The van der Waals surface area contributed by atoms with Crippen molar-refractivity contribution in [3.63, 3.8) is 0 Å². The highest BCUT2D eigenvalue weighted by molar-refractivity contribution is 9.10. The number of nitrogens with zero attached hydrogens (tertiary/aromatic N) is 2. The summed E-state index contributed by atoms with van der Waals surface area (Å²) in [5.74, 6) is -0.345. The first-order valence-electron chi connectivity index (χ1n) is 5.83. The molecule has 8 heteroatoms. The fourth-order valence-electron chi connectivity index (χ4n) is 1.87. The van der Waals surface area contributed by atoms with Crippen LogP contribution in [0, 0.1) is 0 Å². The van der Waals surface area contributed by atoms with Gasteiger partial charge in [0.25, 0.3) is 5.91 Å². The van der Waals surface area contributed by atoms with Gasteiger partial charge in [-0.05, 0) is 30.3 Å². The number of carbonyl (C=O) groups excluding carboxylic acids is 1. The molecule has 1 aromatic heterocycles. The fourth-order valence-corrected chi connectivity index (χ4v) is 2.99. The highest BCUT2D eigenvalue weighted by Gasteiger charge is 2.15. The summed E-state index contributed by atoms with van der Waals surface area (Å²) in [6, 6.07) is 8.48. The summed E-state index contributed by atoms with van der Waals surface area (Å²) in [7, 11) is 0. The number of fused-ring (bicyclic) bond motifs is 1. The minimum absolute atomic E-state index is 0.345. The zero-order chi connectivity index (χ0) is 15.0. The van der Waals surface area contributed by atoms with Crippen LogP contribution < -0.4 is 11.1 Å². The molecule has 0 aliphatic carbocycles. The molecule has 0 bridgehead atoms. The number of nitrogen functional groups attached to an aromatic ring is 1. The van der Waals surface area contributed by atoms with E-state index in [9.17, 15) is 4.79 Å². The van der Waals surface area contributed by atoms with E-state index in [4.69, 9.17) is 17.3 Å². The van der Waals surface area contributed by atoms with E-state index in [0.29, 0.717) is 33.0 Å². The summed E-state index contributed by atoms with van der Waals surface area (Å²) < 4.78 is 9.08. The molecule has 106 valence electrons. The minimum atomic E-state index is -0.345. The normalized spacial score (nSPS) is 10.8. The standard InChI is InChI=1S/C13H8BrClN4OS/c14-6-1-2-7(9(16)5-6)13(20)17-11-8(15)3-4-10-12(11)19-21-18-10/h1-5H,16H2,(H,17,20). The molecule has 0 fully saturated rings. The van der Waals surface area contributed by atoms with Crippen molar-refractivity contribution in [2.45, 2.75) is 0 Å². The van der Waals surface area contributed by atoms with Crippen molar-refractivity contribution in [1.29, 1.82) is 0 Å². The lowest BCUT2D eigenvalue weighted by molar-refractivity contribution is 0.102. The van der Waals surface area contributed by atoms with Crippen LogP contribution in [0.25, 0.3) is 11.0 Å². The maximum atomic E-state index is 12.4. The molecule has 0 atom stereocenters. The van der Waals surface area contributed by atoms with Crippen LogP contribution in [0.2, 0.25) is 5.02 Å². The average Bonchev–Trinajstić information content (AvgIpc) is 2.90. The average molecular weight is 384 g/mol. The van der Waals surface area contributed by atoms with Crippen molar-refractivity contribution in [3.05, 3.63) is 45.4 Å². The van der Waals surface area contributed by atoms with Gasteiger partial charge in [-0.15, -0.1) is 0 Å². The number of anilines is 2. The van der Waals surface area contributed by atoms with Gasteiger partial charge >= 0.3 is 0 Å². The second-order valence-electron chi connectivity index (χ2n) is 4.24. The third-order valence-electron chi connectivity index (χ3n) is 2.87. The summed E-state index contributed by atoms with van der Waals surface area (Å²) in [5, 5.41) is 3.16. The van der Waals surface area contributed by atoms with Crippen LogP contribution in [-0.2, 0) is 0 Å². The van der Waals surface area contributed by atoms with Gasteiger partial charge in [-0.2, -0.15) is 8.75 Å². The molecule has 0 aliphatic heterocycles. The number of nitrogens with two attached hydrogens (primary N) is 1. The minimum Gasteiger partial charge on any atom is -0.398 e. The van der Waals surface area contributed by atoms with Gasteiger partial charge in [0.15, 0.2) is 0 Å². The van der Waals surface area contributed by atoms with Crippen molar-refractivity contribution in [1.82, 2.24) is 8.75 Å². The van der Waals surface area contributed by atoms with Crippen molar-refractivity contribution < 1.29 is 4.79 Å². The molecule has 3 N–H and O–H groups in total. The maximum Gasteiger partial charge on any atom is 0.257 e. The molecule has 0 aliphatic rings. The van der Waals surface area contributed by atoms with Crippen molar-refractivity contribution in [3.8, 4) is 0 Å². The fraction of sp³-hybridized carbons (Fsp3) is 0. The van der Waals surface area contributed by atoms with Gasteiger partial charge in [-0.1, -0.05) is 27.5 Å². The predicted octanol–water partition coefficient (Wildman–Crippen LogP) is 3.94. The van der Waals surface area contributed by atoms with Gasteiger partial charge in [0.1, 0.15) is 11.0 Å². The molecule has 0 saturated carbocycles. The second kappa shape index (κ2) is 5.59. The third-order valence-corrected chi connectivity index (χ3v) is 4.22. The lowest BCUT2D eigenvalue weighted by atomic mass is 10.1. The lowest BCUT2D eigenvalue weighted by Gasteiger charge is -2.09. The number of amides is 1. The van der Waals surface area contributed by atoms with Gasteiger partial charge in [-0.3, -0.25) is 4.79 Å². The topological polar surface area (TPSA) is 80.9 Å². The molecule has 0 unspecified atom stereocenters. The number of benzene rings is 2. The molecule has 21 heavy (non-hydrogen) atoms. The van der Waals surface area contributed by atoms with Crippen LogP contribution in [0.5, 0.6) is 0 Å². The molecule has 3 rings (SSSR count). The maximum absolute atomic E-state index is 12.4. The highest BCUT2D eigenvalue weighted by Crippen LogP contribution is 2.30. The summed E-state index contributed by atoms with van der Waals surface area (Å²) in [4.78, 5) is 12.4. The largest absolute Gasteiger partial charge is 0.398 e. The number of hydrogen-bond acceptors (Lipinski definition) is 5. The van der Waals surface area contributed by atoms with E-state index in [-0.39, 0.29) is 5.91 Å². The number of halogens is 2. The van der Waals surface area contributed by atoms with E-state index in [2.05, 4.69) is 30.0 Å². The Morgan fingerprint density at radius 1 is 1.29 bits per heavy atom. The van der Waals surface area contributed by atoms with Crippen LogP contribution in [0.15, 0.2) is 34.8 Å². The van der Waals surface area contributed by atoms with Gasteiger partial charge < -0.3 is 11.1 Å².